The zero-order chi connectivity index (χ0) is 21.7. The normalized spacial score (nSPS) is 21.2. The molecule has 3 rings (SSSR count). The van der Waals surface area contributed by atoms with E-state index in [0.717, 1.165) is 38.8 Å². The van der Waals surface area contributed by atoms with Crippen LogP contribution in [0, 0.1) is 5.92 Å². The fraction of sp³-hybridized carbons (Fsp3) is 0.583. The highest BCUT2D eigenvalue weighted by molar-refractivity contribution is 5.82. The highest BCUT2D eigenvalue weighted by Crippen LogP contribution is 2.32. The van der Waals surface area contributed by atoms with Gasteiger partial charge in [-0.05, 0) is 58.6 Å². The van der Waals surface area contributed by atoms with Gasteiger partial charge in [-0.1, -0.05) is 24.3 Å². The second-order valence-electron chi connectivity index (χ2n) is 9.08. The molecule has 30 heavy (non-hydrogen) atoms. The largest absolute Gasteiger partial charge is 0.480 e. The summed E-state index contributed by atoms with van der Waals surface area (Å²) in [6.45, 7) is 11.7. The first-order chi connectivity index (χ1) is 14.3. The van der Waals surface area contributed by atoms with E-state index < -0.39 is 11.7 Å². The van der Waals surface area contributed by atoms with Crippen LogP contribution < -0.4 is 4.74 Å². The van der Waals surface area contributed by atoms with Crippen LogP contribution in [0.3, 0.4) is 0 Å². The third kappa shape index (κ3) is 5.35. The van der Waals surface area contributed by atoms with Crippen LogP contribution in [-0.4, -0.2) is 59.2 Å². The Kier molecular flexibility index (Phi) is 7.06. The number of amides is 2. The van der Waals surface area contributed by atoms with E-state index in [1.807, 2.05) is 56.0 Å². The Morgan fingerprint density at radius 1 is 1.10 bits per heavy atom. The predicted octanol–water partition coefficient (Wildman–Crippen LogP) is 4.26. The second kappa shape index (κ2) is 9.54. The van der Waals surface area contributed by atoms with Crippen LogP contribution in [-0.2, 0) is 9.53 Å². The molecule has 2 amide bonds. The smallest absolute Gasteiger partial charge is 0.410 e. The van der Waals surface area contributed by atoms with Crippen LogP contribution in [0.2, 0.25) is 0 Å². The second-order valence-corrected chi connectivity index (χ2v) is 9.08. The molecule has 0 radical (unpaired) electrons. The SMILES string of the molecule is C=C[C@@H]([C@@H](Oc1ccccc1)C(=O)N1CCCC1)[C@@H]1CCCN1C(=O)OC(C)(C)C. The molecule has 3 atom stereocenters. The molecule has 0 aromatic heterocycles. The van der Waals surface area contributed by atoms with Crippen molar-refractivity contribution in [3.63, 3.8) is 0 Å². The first-order valence-corrected chi connectivity index (χ1v) is 10.9. The Morgan fingerprint density at radius 3 is 2.37 bits per heavy atom. The van der Waals surface area contributed by atoms with Gasteiger partial charge in [0.15, 0.2) is 6.10 Å². The van der Waals surface area contributed by atoms with Crippen molar-refractivity contribution in [3.8, 4) is 5.75 Å². The first kappa shape index (κ1) is 22.2. The molecule has 2 saturated heterocycles. The topological polar surface area (TPSA) is 59.1 Å². The Hall–Kier alpha value is -2.50. The molecule has 1 aromatic rings. The molecule has 6 heteroatoms. The number of likely N-dealkylation sites (tertiary alicyclic amines) is 2. The van der Waals surface area contributed by atoms with Crippen LogP contribution in [0.15, 0.2) is 43.0 Å². The lowest BCUT2D eigenvalue weighted by atomic mass is 9.90. The summed E-state index contributed by atoms with van der Waals surface area (Å²) >= 11 is 0. The molecule has 164 valence electrons. The molecule has 2 heterocycles. The van der Waals surface area contributed by atoms with Crippen LogP contribution in [0.4, 0.5) is 4.79 Å². The number of rotatable bonds is 6. The van der Waals surface area contributed by atoms with Gasteiger partial charge in [0.1, 0.15) is 11.4 Å². The summed E-state index contributed by atoms with van der Waals surface area (Å²) in [7, 11) is 0. The molecule has 0 bridgehead atoms. The summed E-state index contributed by atoms with van der Waals surface area (Å²) in [5, 5.41) is 0. The van der Waals surface area contributed by atoms with Crippen molar-refractivity contribution in [2.45, 2.75) is 64.2 Å². The highest BCUT2D eigenvalue weighted by Gasteiger charge is 2.43. The fourth-order valence-electron chi connectivity index (χ4n) is 4.28. The average molecular weight is 415 g/mol. The first-order valence-electron chi connectivity index (χ1n) is 10.9. The van der Waals surface area contributed by atoms with E-state index >= 15 is 0 Å². The van der Waals surface area contributed by atoms with Crippen LogP contribution >= 0.6 is 0 Å². The molecular weight excluding hydrogens is 380 g/mol. The number of hydrogen-bond acceptors (Lipinski definition) is 4. The van der Waals surface area contributed by atoms with Gasteiger partial charge in [0.05, 0.1) is 0 Å². The minimum atomic E-state index is -0.726. The molecular formula is C24H34N2O4. The van der Waals surface area contributed by atoms with Gasteiger partial charge < -0.3 is 19.3 Å². The van der Waals surface area contributed by atoms with Gasteiger partial charge in [0, 0.05) is 31.6 Å². The van der Waals surface area contributed by atoms with E-state index in [0.29, 0.717) is 12.3 Å². The highest BCUT2D eigenvalue weighted by atomic mass is 16.6. The minimum absolute atomic E-state index is 0.0303. The number of carbonyl (C=O) groups is 2. The quantitative estimate of drug-likeness (QED) is 0.653. The number of benzene rings is 1. The molecule has 0 spiro atoms. The Morgan fingerprint density at radius 2 is 1.77 bits per heavy atom. The molecule has 2 aliphatic heterocycles. The number of para-hydroxylation sites is 1. The maximum absolute atomic E-state index is 13.4. The van der Waals surface area contributed by atoms with Gasteiger partial charge in [0.25, 0.3) is 5.91 Å². The van der Waals surface area contributed by atoms with E-state index in [1.54, 1.807) is 11.0 Å². The molecule has 0 aliphatic carbocycles. The molecule has 6 nitrogen and oxygen atoms in total. The maximum atomic E-state index is 13.4. The Bertz CT molecular complexity index is 737. The molecule has 1 aromatic carbocycles. The third-order valence-corrected chi connectivity index (χ3v) is 5.66. The standard InChI is InChI=1S/C24H34N2O4/c1-5-19(20-14-11-17-26(20)23(28)30-24(2,3)4)21(22(27)25-15-9-10-16-25)29-18-12-7-6-8-13-18/h5-8,12-13,19-21H,1,9-11,14-17H2,2-4H3/t19-,20+,21-/m1/s1. The van der Waals surface area contributed by atoms with E-state index in [9.17, 15) is 9.59 Å². The number of nitrogens with zero attached hydrogens (tertiary/aromatic N) is 2. The van der Waals surface area contributed by atoms with E-state index in [-0.39, 0.29) is 24.0 Å². The number of ether oxygens (including phenoxy) is 2. The number of hydrogen-bond donors (Lipinski definition) is 0. The van der Waals surface area contributed by atoms with Gasteiger partial charge >= 0.3 is 6.09 Å². The van der Waals surface area contributed by atoms with Crippen LogP contribution in [0.1, 0.15) is 46.5 Å². The van der Waals surface area contributed by atoms with Crippen LogP contribution in [0.5, 0.6) is 5.75 Å². The van der Waals surface area contributed by atoms with Gasteiger partial charge in [-0.15, -0.1) is 6.58 Å². The van der Waals surface area contributed by atoms with Crippen molar-refractivity contribution in [1.29, 1.82) is 0 Å². The van der Waals surface area contributed by atoms with E-state index in [2.05, 4.69) is 6.58 Å². The molecule has 0 N–H and O–H groups in total. The van der Waals surface area contributed by atoms with Crippen molar-refractivity contribution in [3.05, 3.63) is 43.0 Å². The Balaban J connectivity index is 1.86. The van der Waals surface area contributed by atoms with Crippen molar-refractivity contribution in [1.82, 2.24) is 9.80 Å². The number of carbonyl (C=O) groups excluding carboxylic acids is 2. The summed E-state index contributed by atoms with van der Waals surface area (Å²) in [4.78, 5) is 29.9. The van der Waals surface area contributed by atoms with Gasteiger partial charge in [0.2, 0.25) is 0 Å². The maximum Gasteiger partial charge on any atom is 0.410 e. The lowest BCUT2D eigenvalue weighted by Crippen LogP contribution is -2.52. The predicted molar refractivity (Wildman–Crippen MR) is 116 cm³/mol. The Labute approximate surface area is 179 Å². The zero-order valence-corrected chi connectivity index (χ0v) is 18.4. The van der Waals surface area contributed by atoms with Crippen molar-refractivity contribution >= 4 is 12.0 Å². The monoisotopic (exact) mass is 414 g/mol. The summed E-state index contributed by atoms with van der Waals surface area (Å²) < 4.78 is 11.9. The third-order valence-electron chi connectivity index (χ3n) is 5.66. The van der Waals surface area contributed by atoms with Gasteiger partial charge in [-0.2, -0.15) is 0 Å². The van der Waals surface area contributed by atoms with Crippen molar-refractivity contribution in [2.24, 2.45) is 5.92 Å². The van der Waals surface area contributed by atoms with E-state index in [4.69, 9.17) is 9.47 Å². The molecule has 0 unspecified atom stereocenters. The average Bonchev–Trinajstić information content (AvgIpc) is 3.39. The van der Waals surface area contributed by atoms with Crippen LogP contribution in [0.25, 0.3) is 0 Å². The summed E-state index contributed by atoms with van der Waals surface area (Å²) in [6.07, 6.45) is 4.38. The van der Waals surface area contributed by atoms with Gasteiger partial charge in [-0.25, -0.2) is 4.79 Å². The zero-order valence-electron chi connectivity index (χ0n) is 18.4. The fourth-order valence-corrected chi connectivity index (χ4v) is 4.28. The molecule has 0 saturated carbocycles. The summed E-state index contributed by atoms with van der Waals surface area (Å²) in [5.41, 5.74) is -0.570. The van der Waals surface area contributed by atoms with Crippen molar-refractivity contribution < 1.29 is 19.1 Å². The lowest BCUT2D eigenvalue weighted by Gasteiger charge is -2.36. The molecule has 2 fully saturated rings. The van der Waals surface area contributed by atoms with Crippen molar-refractivity contribution in [2.75, 3.05) is 19.6 Å². The van der Waals surface area contributed by atoms with E-state index in [1.165, 1.54) is 0 Å². The lowest BCUT2D eigenvalue weighted by molar-refractivity contribution is -0.140. The summed E-state index contributed by atoms with van der Waals surface area (Å²) in [6, 6.07) is 9.21. The van der Waals surface area contributed by atoms with Gasteiger partial charge in [-0.3, -0.25) is 4.79 Å². The summed E-state index contributed by atoms with van der Waals surface area (Å²) in [5.74, 6) is 0.286. The minimum Gasteiger partial charge on any atom is -0.480 e. The molecule has 2 aliphatic rings.